The molecular formula is C23H25N5O3. The molecule has 0 bridgehead atoms. The quantitative estimate of drug-likeness (QED) is 0.443. The molecule has 0 saturated carbocycles. The lowest BCUT2D eigenvalue weighted by Crippen LogP contribution is -2.34. The first-order chi connectivity index (χ1) is 15.1. The first-order valence-electron chi connectivity index (χ1n) is 10.6. The van der Waals surface area contributed by atoms with Gasteiger partial charge in [0.15, 0.2) is 0 Å². The predicted octanol–water partition coefficient (Wildman–Crippen LogP) is 3.26. The number of carboxylic acid groups (broad SMARTS) is 1. The van der Waals surface area contributed by atoms with Gasteiger partial charge >= 0.3 is 5.97 Å². The molecule has 1 saturated heterocycles. The number of aliphatic carboxylic acids is 1. The fourth-order valence-electron chi connectivity index (χ4n) is 4.65. The van der Waals surface area contributed by atoms with Crippen LogP contribution in [0.2, 0.25) is 0 Å². The number of carboxylic acids is 1. The maximum Gasteiger partial charge on any atom is 0.306 e. The molecule has 8 heteroatoms. The summed E-state index contributed by atoms with van der Waals surface area (Å²) in [6.07, 6.45) is 3.79. The van der Waals surface area contributed by atoms with Crippen LogP contribution in [0.25, 0.3) is 22.1 Å². The number of hydrogen-bond acceptors (Lipinski definition) is 5. The summed E-state index contributed by atoms with van der Waals surface area (Å²) in [5.74, 6) is -0.636. The lowest BCUT2D eigenvalue weighted by Gasteiger charge is -2.34. The zero-order valence-electron chi connectivity index (χ0n) is 17.1. The third-order valence-electron chi connectivity index (χ3n) is 6.10. The van der Waals surface area contributed by atoms with Crippen LogP contribution in [-0.2, 0) is 11.3 Å². The van der Waals surface area contributed by atoms with E-state index in [2.05, 4.69) is 48.7 Å². The average molecular weight is 419 g/mol. The third kappa shape index (κ3) is 3.80. The van der Waals surface area contributed by atoms with Crippen LogP contribution in [0.5, 0.6) is 0 Å². The molecular weight excluding hydrogens is 394 g/mol. The van der Waals surface area contributed by atoms with Crippen LogP contribution in [-0.4, -0.2) is 53.7 Å². The van der Waals surface area contributed by atoms with Crippen molar-refractivity contribution in [2.45, 2.75) is 38.0 Å². The minimum Gasteiger partial charge on any atom is -0.481 e. The van der Waals surface area contributed by atoms with Gasteiger partial charge in [-0.2, -0.15) is 0 Å². The molecule has 4 aromatic rings. The van der Waals surface area contributed by atoms with Crippen molar-refractivity contribution in [2.75, 3.05) is 13.1 Å². The fourth-order valence-corrected chi connectivity index (χ4v) is 4.65. The SMILES string of the molecule is O=C(O)CC(O)c1nc2cnc3[nH]ccc3c2n1C1CCN(Cc2ccccc2)CC1. The third-order valence-corrected chi connectivity index (χ3v) is 6.10. The van der Waals surface area contributed by atoms with E-state index in [1.165, 1.54) is 5.56 Å². The Bertz CT molecular complexity index is 1210. The van der Waals surface area contributed by atoms with Gasteiger partial charge in [0.1, 0.15) is 23.1 Å². The predicted molar refractivity (Wildman–Crippen MR) is 117 cm³/mol. The fraction of sp³-hybridized carbons (Fsp3) is 0.348. The summed E-state index contributed by atoms with van der Waals surface area (Å²) in [5.41, 5.74) is 3.64. The number of aliphatic hydroxyl groups is 1. The number of piperidine rings is 1. The van der Waals surface area contributed by atoms with Crippen molar-refractivity contribution in [3.63, 3.8) is 0 Å². The topological polar surface area (TPSA) is 107 Å². The number of nitrogens with one attached hydrogen (secondary N) is 1. The first kappa shape index (κ1) is 19.7. The monoisotopic (exact) mass is 419 g/mol. The number of nitrogens with zero attached hydrogens (tertiary/aromatic N) is 4. The Balaban J connectivity index is 1.48. The summed E-state index contributed by atoms with van der Waals surface area (Å²) in [7, 11) is 0. The van der Waals surface area contributed by atoms with Crippen molar-refractivity contribution in [1.82, 2.24) is 24.4 Å². The smallest absolute Gasteiger partial charge is 0.306 e. The highest BCUT2D eigenvalue weighted by Gasteiger charge is 2.29. The number of aliphatic hydroxyl groups excluding tert-OH is 1. The maximum absolute atomic E-state index is 11.3. The van der Waals surface area contributed by atoms with Crippen molar-refractivity contribution in [3.8, 4) is 0 Å². The summed E-state index contributed by atoms with van der Waals surface area (Å²) in [6, 6.07) is 12.5. The van der Waals surface area contributed by atoms with Crippen molar-refractivity contribution in [2.24, 2.45) is 0 Å². The number of aromatic amines is 1. The van der Waals surface area contributed by atoms with Gasteiger partial charge in [0, 0.05) is 37.3 Å². The number of pyridine rings is 1. The number of imidazole rings is 1. The highest BCUT2D eigenvalue weighted by molar-refractivity contribution is 6.01. The second-order valence-electron chi connectivity index (χ2n) is 8.18. The lowest BCUT2D eigenvalue weighted by molar-refractivity contribution is -0.139. The highest BCUT2D eigenvalue weighted by atomic mass is 16.4. The maximum atomic E-state index is 11.3. The Labute approximate surface area is 179 Å². The van der Waals surface area contributed by atoms with Crippen molar-refractivity contribution in [3.05, 3.63) is 60.2 Å². The molecule has 3 N–H and O–H groups in total. The van der Waals surface area contributed by atoms with Gasteiger partial charge in [-0.25, -0.2) is 9.97 Å². The van der Waals surface area contributed by atoms with E-state index in [4.69, 9.17) is 0 Å². The Morgan fingerprint density at radius 3 is 2.71 bits per heavy atom. The van der Waals surface area contributed by atoms with Crippen LogP contribution in [0, 0.1) is 0 Å². The molecule has 0 radical (unpaired) electrons. The minimum absolute atomic E-state index is 0.135. The van der Waals surface area contributed by atoms with Crippen LogP contribution >= 0.6 is 0 Å². The molecule has 8 nitrogen and oxygen atoms in total. The van der Waals surface area contributed by atoms with Gasteiger partial charge in [0.25, 0.3) is 0 Å². The van der Waals surface area contributed by atoms with E-state index >= 15 is 0 Å². The summed E-state index contributed by atoms with van der Waals surface area (Å²) in [6.45, 7) is 2.77. The molecule has 5 rings (SSSR count). The summed E-state index contributed by atoms with van der Waals surface area (Å²) in [5, 5.41) is 20.8. The van der Waals surface area contributed by atoms with Gasteiger partial charge in [0.05, 0.1) is 18.1 Å². The molecule has 4 heterocycles. The lowest BCUT2D eigenvalue weighted by atomic mass is 10.0. The van der Waals surface area contributed by atoms with Crippen molar-refractivity contribution >= 4 is 28.0 Å². The van der Waals surface area contributed by atoms with Crippen molar-refractivity contribution < 1.29 is 15.0 Å². The molecule has 0 aliphatic carbocycles. The molecule has 1 aromatic carbocycles. The molecule has 160 valence electrons. The zero-order chi connectivity index (χ0) is 21.4. The highest BCUT2D eigenvalue weighted by Crippen LogP contribution is 2.35. The molecule has 31 heavy (non-hydrogen) atoms. The second-order valence-corrected chi connectivity index (χ2v) is 8.18. The van der Waals surface area contributed by atoms with Gasteiger partial charge in [-0.15, -0.1) is 0 Å². The van der Waals surface area contributed by atoms with Gasteiger partial charge in [-0.1, -0.05) is 30.3 Å². The molecule has 1 aliphatic rings. The Kier molecular flexibility index (Phi) is 5.17. The number of aromatic nitrogens is 4. The van der Waals surface area contributed by atoms with E-state index in [1.807, 2.05) is 18.3 Å². The standard InChI is InChI=1S/C23H25N5O3/c29-19(12-20(30)31)23-26-18-13-25-22-17(6-9-24-22)21(18)28(23)16-7-10-27(11-8-16)14-15-4-2-1-3-5-15/h1-6,9,13,16,19,29H,7-8,10-12,14H2,(H,24,25)(H,30,31). The number of H-pyrrole nitrogens is 1. The van der Waals surface area contributed by atoms with Crippen LogP contribution in [0.15, 0.2) is 48.8 Å². The Morgan fingerprint density at radius 2 is 1.97 bits per heavy atom. The Morgan fingerprint density at radius 1 is 1.19 bits per heavy atom. The molecule has 1 aliphatic heterocycles. The number of fused-ring (bicyclic) bond motifs is 3. The summed E-state index contributed by atoms with van der Waals surface area (Å²) < 4.78 is 2.07. The van der Waals surface area contributed by atoms with Gasteiger partial charge < -0.3 is 19.8 Å². The summed E-state index contributed by atoms with van der Waals surface area (Å²) >= 11 is 0. The number of rotatable bonds is 6. The normalized spacial score (nSPS) is 16.8. The van der Waals surface area contributed by atoms with Gasteiger partial charge in [-0.3, -0.25) is 9.69 Å². The number of benzene rings is 1. The van der Waals surface area contributed by atoms with E-state index in [9.17, 15) is 15.0 Å². The molecule has 0 amide bonds. The van der Waals surface area contributed by atoms with Crippen LogP contribution in [0.3, 0.4) is 0 Å². The van der Waals surface area contributed by atoms with E-state index in [0.717, 1.165) is 49.0 Å². The first-order valence-corrected chi connectivity index (χ1v) is 10.6. The van der Waals surface area contributed by atoms with Crippen molar-refractivity contribution in [1.29, 1.82) is 0 Å². The molecule has 0 spiro atoms. The van der Waals surface area contributed by atoms with Crippen LogP contribution < -0.4 is 0 Å². The van der Waals surface area contributed by atoms with E-state index < -0.39 is 12.1 Å². The minimum atomic E-state index is -1.17. The van der Waals surface area contributed by atoms with Crippen LogP contribution in [0.4, 0.5) is 0 Å². The van der Waals surface area contributed by atoms with Crippen LogP contribution in [0.1, 0.15) is 42.8 Å². The molecule has 1 atom stereocenters. The number of carbonyl (C=O) groups is 1. The molecule has 1 fully saturated rings. The van der Waals surface area contributed by atoms with E-state index in [-0.39, 0.29) is 12.5 Å². The van der Waals surface area contributed by atoms with E-state index in [0.29, 0.717) is 11.3 Å². The number of likely N-dealkylation sites (tertiary alicyclic amines) is 1. The number of hydrogen-bond donors (Lipinski definition) is 3. The van der Waals surface area contributed by atoms with E-state index in [1.54, 1.807) is 6.20 Å². The van der Waals surface area contributed by atoms with Gasteiger partial charge in [0.2, 0.25) is 0 Å². The molecule has 3 aromatic heterocycles. The Hall–Kier alpha value is -3.23. The summed E-state index contributed by atoms with van der Waals surface area (Å²) in [4.78, 5) is 25.8. The molecule has 1 unspecified atom stereocenters. The average Bonchev–Trinajstić information content (AvgIpc) is 3.39. The largest absolute Gasteiger partial charge is 0.481 e. The zero-order valence-corrected chi connectivity index (χ0v) is 17.1. The second kappa shape index (κ2) is 8.13. The van der Waals surface area contributed by atoms with Gasteiger partial charge in [-0.05, 0) is 24.5 Å².